The van der Waals surface area contributed by atoms with Crippen molar-refractivity contribution < 1.29 is 17.9 Å². The lowest BCUT2D eigenvalue weighted by Gasteiger charge is -2.30. The molecule has 0 bridgehead atoms. The first-order valence-electron chi connectivity index (χ1n) is 9.95. The minimum absolute atomic E-state index is 0.0556. The second-order valence-electron chi connectivity index (χ2n) is 7.25. The zero-order valence-electron chi connectivity index (χ0n) is 17.3. The quantitative estimate of drug-likeness (QED) is 0.526. The summed E-state index contributed by atoms with van der Waals surface area (Å²) in [6.07, 6.45) is 0. The Morgan fingerprint density at radius 3 is 2.56 bits per heavy atom. The second kappa shape index (κ2) is 9.50. The molecule has 2 aromatic carbocycles. The smallest absolute Gasteiger partial charge is 0.265 e. The minimum Gasteiger partial charge on any atom is -0.378 e. The second-order valence-corrected chi connectivity index (χ2v) is 10.2. The molecule has 0 unspecified atom stereocenters. The lowest BCUT2D eigenvalue weighted by atomic mass is 10.2. The summed E-state index contributed by atoms with van der Waals surface area (Å²) in [4.78, 5) is 15.3. The number of hydrogen-bond acceptors (Lipinski definition) is 6. The summed E-state index contributed by atoms with van der Waals surface area (Å²) in [7, 11) is -4.00. The van der Waals surface area contributed by atoms with Gasteiger partial charge in [0.1, 0.15) is 4.90 Å². The van der Waals surface area contributed by atoms with E-state index in [9.17, 15) is 13.2 Å². The fourth-order valence-corrected chi connectivity index (χ4v) is 5.80. The molecule has 1 fully saturated rings. The molecule has 1 aromatic heterocycles. The molecule has 4 rings (SSSR count). The Bertz CT molecular complexity index is 1240. The van der Waals surface area contributed by atoms with Crippen molar-refractivity contribution in [3.63, 3.8) is 0 Å². The molecule has 3 aromatic rings. The van der Waals surface area contributed by atoms with E-state index in [1.54, 1.807) is 36.4 Å². The third kappa shape index (κ3) is 4.91. The predicted octanol–water partition coefficient (Wildman–Crippen LogP) is 4.60. The molecule has 10 heteroatoms. The Hall–Kier alpha value is -2.59. The molecule has 168 valence electrons. The molecule has 32 heavy (non-hydrogen) atoms. The number of ether oxygens (including phenoxy) is 1. The van der Waals surface area contributed by atoms with E-state index in [-0.39, 0.29) is 16.5 Å². The fourth-order valence-electron chi connectivity index (χ4n) is 3.41. The molecule has 2 N–H and O–H groups in total. The van der Waals surface area contributed by atoms with Gasteiger partial charge in [-0.05, 0) is 54.3 Å². The Kier molecular flexibility index (Phi) is 6.71. The van der Waals surface area contributed by atoms with E-state index in [0.29, 0.717) is 47.6 Å². The van der Waals surface area contributed by atoms with Gasteiger partial charge in [-0.2, -0.15) is 0 Å². The summed E-state index contributed by atoms with van der Waals surface area (Å²) < 4.78 is 34.8. The molecule has 0 aliphatic carbocycles. The number of aryl methyl sites for hydroxylation is 1. The maximum absolute atomic E-state index is 13.4. The SMILES string of the molecule is Cc1ccsc1C(=O)Nc1ccc(N2CCOCC2)c(S(=O)(=O)Nc2ccccc2Cl)c1. The van der Waals surface area contributed by atoms with Crippen LogP contribution in [0.4, 0.5) is 17.1 Å². The zero-order valence-corrected chi connectivity index (χ0v) is 19.7. The summed E-state index contributed by atoms with van der Waals surface area (Å²) in [5.74, 6) is -0.279. The van der Waals surface area contributed by atoms with Gasteiger partial charge in [0.15, 0.2) is 0 Å². The number of morpholine rings is 1. The minimum atomic E-state index is -4.00. The Morgan fingerprint density at radius 2 is 1.88 bits per heavy atom. The first-order chi connectivity index (χ1) is 15.3. The van der Waals surface area contributed by atoms with Crippen LogP contribution >= 0.6 is 22.9 Å². The van der Waals surface area contributed by atoms with E-state index in [2.05, 4.69) is 10.0 Å². The van der Waals surface area contributed by atoms with Crippen LogP contribution in [0.1, 0.15) is 15.2 Å². The van der Waals surface area contributed by atoms with Crippen LogP contribution in [0.5, 0.6) is 0 Å². The maximum atomic E-state index is 13.4. The number of carbonyl (C=O) groups excluding carboxylic acids is 1. The van der Waals surface area contributed by atoms with E-state index >= 15 is 0 Å². The number of carbonyl (C=O) groups is 1. The van der Waals surface area contributed by atoms with Gasteiger partial charge in [0.2, 0.25) is 0 Å². The van der Waals surface area contributed by atoms with Crippen LogP contribution in [0.25, 0.3) is 0 Å². The van der Waals surface area contributed by atoms with Gasteiger partial charge in [-0.3, -0.25) is 9.52 Å². The number of nitrogens with zero attached hydrogens (tertiary/aromatic N) is 1. The summed E-state index contributed by atoms with van der Waals surface area (Å²) in [5.41, 5.74) is 2.08. The fraction of sp³-hybridized carbons (Fsp3) is 0.227. The number of sulfonamides is 1. The maximum Gasteiger partial charge on any atom is 0.265 e. The van der Waals surface area contributed by atoms with Crippen LogP contribution in [0.2, 0.25) is 5.02 Å². The highest BCUT2D eigenvalue weighted by Gasteiger charge is 2.25. The molecule has 7 nitrogen and oxygen atoms in total. The average Bonchev–Trinajstić information content (AvgIpc) is 3.22. The normalized spacial score (nSPS) is 14.2. The van der Waals surface area contributed by atoms with Gasteiger partial charge in [0, 0.05) is 18.8 Å². The van der Waals surface area contributed by atoms with Crippen LogP contribution < -0.4 is 14.9 Å². The standard InChI is InChI=1S/C22H22ClN3O4S2/c1-15-8-13-31-21(15)22(27)24-16-6-7-19(26-9-11-30-12-10-26)20(14-16)32(28,29)25-18-5-3-2-4-17(18)23/h2-8,13-14,25H,9-12H2,1H3,(H,24,27). The van der Waals surface area contributed by atoms with Crippen LogP contribution in [0.15, 0.2) is 58.8 Å². The zero-order chi connectivity index (χ0) is 22.7. The summed E-state index contributed by atoms with van der Waals surface area (Å²) in [5, 5.41) is 4.95. The Morgan fingerprint density at radius 1 is 1.12 bits per heavy atom. The van der Waals surface area contributed by atoms with Gasteiger partial charge in [-0.1, -0.05) is 23.7 Å². The summed E-state index contributed by atoms with van der Waals surface area (Å²) >= 11 is 7.50. The molecular formula is C22H22ClN3O4S2. The molecule has 1 saturated heterocycles. The first kappa shape index (κ1) is 22.6. The predicted molar refractivity (Wildman–Crippen MR) is 129 cm³/mol. The van der Waals surface area contributed by atoms with Crippen molar-refractivity contribution >= 4 is 55.9 Å². The Labute approximate surface area is 196 Å². The summed E-state index contributed by atoms with van der Waals surface area (Å²) in [6.45, 7) is 4.00. The number of para-hydroxylation sites is 1. The highest BCUT2D eigenvalue weighted by molar-refractivity contribution is 7.93. The van der Waals surface area contributed by atoms with Crippen LogP contribution in [0.3, 0.4) is 0 Å². The number of nitrogens with one attached hydrogen (secondary N) is 2. The van der Waals surface area contributed by atoms with Crippen LogP contribution in [-0.4, -0.2) is 40.6 Å². The Balaban J connectivity index is 1.71. The number of thiophene rings is 1. The molecule has 0 radical (unpaired) electrons. The molecule has 0 spiro atoms. The van der Waals surface area contributed by atoms with Crippen molar-refractivity contribution in [3.05, 3.63) is 69.4 Å². The summed E-state index contributed by atoms with van der Waals surface area (Å²) in [6, 6.07) is 13.4. The molecule has 1 aliphatic rings. The monoisotopic (exact) mass is 491 g/mol. The van der Waals surface area contributed by atoms with E-state index in [1.165, 1.54) is 17.4 Å². The highest BCUT2D eigenvalue weighted by atomic mass is 35.5. The van der Waals surface area contributed by atoms with Gasteiger partial charge in [-0.25, -0.2) is 8.42 Å². The lowest BCUT2D eigenvalue weighted by Crippen LogP contribution is -2.37. The number of benzene rings is 2. The first-order valence-corrected chi connectivity index (χ1v) is 12.7. The number of rotatable bonds is 6. The lowest BCUT2D eigenvalue weighted by molar-refractivity contribution is 0.103. The van der Waals surface area contributed by atoms with Gasteiger partial charge in [0.05, 0.1) is 34.5 Å². The van der Waals surface area contributed by atoms with Gasteiger partial charge < -0.3 is 15.0 Å². The van der Waals surface area contributed by atoms with E-state index < -0.39 is 10.0 Å². The van der Waals surface area contributed by atoms with E-state index in [4.69, 9.17) is 16.3 Å². The van der Waals surface area contributed by atoms with Crippen molar-refractivity contribution in [2.75, 3.05) is 41.2 Å². The van der Waals surface area contributed by atoms with Crippen molar-refractivity contribution in [2.45, 2.75) is 11.8 Å². The molecule has 0 saturated carbocycles. The molecule has 1 aliphatic heterocycles. The number of amides is 1. The van der Waals surface area contributed by atoms with Gasteiger partial charge in [-0.15, -0.1) is 11.3 Å². The van der Waals surface area contributed by atoms with Crippen LogP contribution in [0, 0.1) is 6.92 Å². The molecule has 2 heterocycles. The van der Waals surface area contributed by atoms with E-state index in [1.807, 2.05) is 23.3 Å². The van der Waals surface area contributed by atoms with Crippen molar-refractivity contribution in [2.24, 2.45) is 0 Å². The highest BCUT2D eigenvalue weighted by Crippen LogP contribution is 2.32. The third-order valence-electron chi connectivity index (χ3n) is 5.05. The molecule has 0 atom stereocenters. The number of halogens is 1. The number of hydrogen-bond donors (Lipinski definition) is 2. The largest absolute Gasteiger partial charge is 0.378 e. The average molecular weight is 492 g/mol. The molecule has 1 amide bonds. The van der Waals surface area contributed by atoms with Crippen molar-refractivity contribution in [1.82, 2.24) is 0 Å². The van der Waals surface area contributed by atoms with E-state index in [0.717, 1.165) is 5.56 Å². The number of anilines is 3. The van der Waals surface area contributed by atoms with Crippen molar-refractivity contribution in [3.8, 4) is 0 Å². The van der Waals surface area contributed by atoms with Crippen LogP contribution in [-0.2, 0) is 14.8 Å². The third-order valence-corrected chi connectivity index (χ3v) is 7.78. The van der Waals surface area contributed by atoms with Crippen molar-refractivity contribution in [1.29, 1.82) is 0 Å². The topological polar surface area (TPSA) is 87.7 Å². The van der Waals surface area contributed by atoms with Gasteiger partial charge in [0.25, 0.3) is 15.9 Å². The molecular weight excluding hydrogens is 470 g/mol. The van der Waals surface area contributed by atoms with Gasteiger partial charge >= 0.3 is 0 Å².